The summed E-state index contributed by atoms with van der Waals surface area (Å²) in [5.41, 5.74) is 1.72. The van der Waals surface area contributed by atoms with Gasteiger partial charge in [0.15, 0.2) is 0 Å². The van der Waals surface area contributed by atoms with E-state index < -0.39 is 0 Å². The van der Waals surface area contributed by atoms with Crippen LogP contribution in [0.1, 0.15) is 5.56 Å². The Balaban J connectivity index is 2.79. The molecule has 0 unspecified atom stereocenters. The van der Waals surface area contributed by atoms with E-state index in [4.69, 9.17) is 16.0 Å². The lowest BCUT2D eigenvalue weighted by atomic mass is 10.2. The lowest BCUT2D eigenvalue weighted by molar-refractivity contribution is 0.603. The Morgan fingerprint density at radius 2 is 2.36 bits per heavy atom. The van der Waals surface area contributed by atoms with Gasteiger partial charge in [-0.2, -0.15) is 0 Å². The van der Waals surface area contributed by atoms with Crippen LogP contribution in [0.5, 0.6) is 0 Å². The van der Waals surface area contributed by atoms with E-state index in [1.807, 2.05) is 12.1 Å². The molecule has 2 aromatic heterocycles. The fraction of sp³-hybridized carbons (Fsp3) is 0.125. The second-order valence-corrected chi connectivity index (χ2v) is 2.51. The molecule has 0 bridgehead atoms. The SMILES string of the molecule is ClCc1ccnc2occc12. The maximum absolute atomic E-state index is 5.69. The van der Waals surface area contributed by atoms with Crippen molar-refractivity contribution in [2.45, 2.75) is 5.88 Å². The fourth-order valence-corrected chi connectivity index (χ4v) is 1.28. The summed E-state index contributed by atoms with van der Waals surface area (Å²) in [5, 5.41) is 1.00. The highest BCUT2D eigenvalue weighted by molar-refractivity contribution is 6.17. The van der Waals surface area contributed by atoms with Gasteiger partial charge in [-0.3, -0.25) is 0 Å². The molecule has 0 aliphatic heterocycles. The van der Waals surface area contributed by atoms with Gasteiger partial charge < -0.3 is 4.42 Å². The van der Waals surface area contributed by atoms with Crippen molar-refractivity contribution in [1.29, 1.82) is 0 Å². The van der Waals surface area contributed by atoms with Gasteiger partial charge in [0, 0.05) is 17.5 Å². The van der Waals surface area contributed by atoms with Crippen LogP contribution in [0.15, 0.2) is 29.0 Å². The van der Waals surface area contributed by atoms with Crippen molar-refractivity contribution in [2.75, 3.05) is 0 Å². The largest absolute Gasteiger partial charge is 0.446 e. The maximum atomic E-state index is 5.69. The van der Waals surface area contributed by atoms with Crippen molar-refractivity contribution in [3.8, 4) is 0 Å². The van der Waals surface area contributed by atoms with Gasteiger partial charge in [-0.15, -0.1) is 11.6 Å². The molecular weight excluding hydrogens is 162 g/mol. The van der Waals surface area contributed by atoms with Crippen molar-refractivity contribution in [3.05, 3.63) is 30.2 Å². The van der Waals surface area contributed by atoms with Gasteiger partial charge in [-0.05, 0) is 17.7 Å². The molecule has 2 nitrogen and oxygen atoms in total. The van der Waals surface area contributed by atoms with E-state index in [0.29, 0.717) is 11.6 Å². The Morgan fingerprint density at radius 1 is 1.45 bits per heavy atom. The monoisotopic (exact) mass is 167 g/mol. The van der Waals surface area contributed by atoms with Gasteiger partial charge in [0.05, 0.1) is 6.26 Å². The molecule has 0 fully saturated rings. The number of nitrogens with zero attached hydrogens (tertiary/aromatic N) is 1. The van der Waals surface area contributed by atoms with Crippen molar-refractivity contribution >= 4 is 22.7 Å². The number of fused-ring (bicyclic) bond motifs is 1. The van der Waals surface area contributed by atoms with Gasteiger partial charge in [0.25, 0.3) is 0 Å². The molecule has 3 heteroatoms. The predicted octanol–water partition coefficient (Wildman–Crippen LogP) is 2.57. The Morgan fingerprint density at radius 3 is 3.18 bits per heavy atom. The van der Waals surface area contributed by atoms with Crippen LogP contribution in [0.25, 0.3) is 11.1 Å². The minimum Gasteiger partial charge on any atom is -0.446 e. The zero-order valence-corrected chi connectivity index (χ0v) is 6.51. The first kappa shape index (κ1) is 6.68. The van der Waals surface area contributed by atoms with E-state index in [-0.39, 0.29) is 0 Å². The Bertz CT molecular complexity index is 369. The van der Waals surface area contributed by atoms with E-state index in [2.05, 4.69) is 4.98 Å². The summed E-state index contributed by atoms with van der Waals surface area (Å²) in [6.07, 6.45) is 3.32. The van der Waals surface area contributed by atoms with E-state index in [0.717, 1.165) is 10.9 Å². The second kappa shape index (κ2) is 2.55. The molecule has 0 aliphatic rings. The molecule has 0 aliphatic carbocycles. The highest BCUT2D eigenvalue weighted by atomic mass is 35.5. The van der Waals surface area contributed by atoms with Crippen LogP contribution >= 0.6 is 11.6 Å². The van der Waals surface area contributed by atoms with E-state index in [1.165, 1.54) is 0 Å². The molecule has 0 radical (unpaired) electrons. The quantitative estimate of drug-likeness (QED) is 0.611. The number of pyridine rings is 1. The number of rotatable bonds is 1. The van der Waals surface area contributed by atoms with Gasteiger partial charge >= 0.3 is 0 Å². The molecule has 0 amide bonds. The zero-order chi connectivity index (χ0) is 7.68. The molecular formula is C8H6ClNO. The minimum absolute atomic E-state index is 0.499. The minimum atomic E-state index is 0.499. The summed E-state index contributed by atoms with van der Waals surface area (Å²) >= 11 is 5.69. The normalized spacial score (nSPS) is 10.6. The summed E-state index contributed by atoms with van der Waals surface area (Å²) in [7, 11) is 0. The molecule has 11 heavy (non-hydrogen) atoms. The molecule has 0 spiro atoms. The molecule has 0 saturated carbocycles. The zero-order valence-electron chi connectivity index (χ0n) is 5.75. The van der Waals surface area contributed by atoms with Gasteiger partial charge in [0.1, 0.15) is 0 Å². The highest BCUT2D eigenvalue weighted by Crippen LogP contribution is 2.18. The Labute approximate surface area is 68.8 Å². The third kappa shape index (κ3) is 0.994. The standard InChI is InChI=1S/C8H6ClNO/c9-5-6-1-3-10-8-7(6)2-4-11-8/h1-4H,5H2. The number of alkyl halides is 1. The number of aromatic nitrogens is 1. The van der Waals surface area contributed by atoms with Crippen LogP contribution in [-0.4, -0.2) is 4.98 Å². The average molecular weight is 168 g/mol. The first-order valence-corrected chi connectivity index (χ1v) is 3.82. The van der Waals surface area contributed by atoms with Crippen LogP contribution in [0, 0.1) is 0 Å². The van der Waals surface area contributed by atoms with Gasteiger partial charge in [-0.25, -0.2) is 4.98 Å². The summed E-state index contributed by atoms with van der Waals surface area (Å²) in [6, 6.07) is 3.77. The fourth-order valence-electron chi connectivity index (χ4n) is 1.05. The molecule has 0 atom stereocenters. The van der Waals surface area contributed by atoms with Crippen LogP contribution in [0.3, 0.4) is 0 Å². The number of furan rings is 1. The number of halogens is 1. The van der Waals surface area contributed by atoms with Crippen molar-refractivity contribution in [3.63, 3.8) is 0 Å². The van der Waals surface area contributed by atoms with Crippen LogP contribution < -0.4 is 0 Å². The lowest BCUT2D eigenvalue weighted by Crippen LogP contribution is -1.79. The summed E-state index contributed by atoms with van der Waals surface area (Å²) in [4.78, 5) is 4.02. The third-order valence-corrected chi connectivity index (χ3v) is 1.89. The van der Waals surface area contributed by atoms with Gasteiger partial charge in [0.2, 0.25) is 5.71 Å². The molecule has 56 valence electrons. The average Bonchev–Trinajstić information content (AvgIpc) is 2.50. The highest BCUT2D eigenvalue weighted by Gasteiger charge is 2.01. The topological polar surface area (TPSA) is 26.0 Å². The Kier molecular flexibility index (Phi) is 1.55. The molecule has 0 N–H and O–H groups in total. The maximum Gasteiger partial charge on any atom is 0.226 e. The number of hydrogen-bond acceptors (Lipinski definition) is 2. The van der Waals surface area contributed by atoms with Gasteiger partial charge in [-0.1, -0.05) is 0 Å². The third-order valence-electron chi connectivity index (χ3n) is 1.60. The second-order valence-electron chi connectivity index (χ2n) is 2.24. The lowest BCUT2D eigenvalue weighted by Gasteiger charge is -1.93. The smallest absolute Gasteiger partial charge is 0.226 e. The van der Waals surface area contributed by atoms with Crippen molar-refractivity contribution in [1.82, 2.24) is 4.98 Å². The summed E-state index contributed by atoms with van der Waals surface area (Å²) < 4.78 is 5.09. The first-order valence-electron chi connectivity index (χ1n) is 3.29. The van der Waals surface area contributed by atoms with Crippen molar-refractivity contribution < 1.29 is 4.42 Å². The van der Waals surface area contributed by atoms with Crippen LogP contribution in [0.2, 0.25) is 0 Å². The predicted molar refractivity (Wildman–Crippen MR) is 43.6 cm³/mol. The summed E-state index contributed by atoms with van der Waals surface area (Å²) in [6.45, 7) is 0. The molecule has 0 saturated heterocycles. The van der Waals surface area contributed by atoms with Crippen LogP contribution in [0.4, 0.5) is 0 Å². The Hall–Kier alpha value is -1.02. The molecule has 2 aromatic rings. The van der Waals surface area contributed by atoms with E-state index >= 15 is 0 Å². The first-order chi connectivity index (χ1) is 5.42. The van der Waals surface area contributed by atoms with E-state index in [1.54, 1.807) is 12.5 Å². The molecule has 2 heterocycles. The van der Waals surface area contributed by atoms with Crippen LogP contribution in [-0.2, 0) is 5.88 Å². The summed E-state index contributed by atoms with van der Waals surface area (Å²) in [5.74, 6) is 0.499. The molecule has 0 aromatic carbocycles. The van der Waals surface area contributed by atoms with Crippen molar-refractivity contribution in [2.24, 2.45) is 0 Å². The number of hydrogen-bond donors (Lipinski definition) is 0. The molecule has 2 rings (SSSR count). The van der Waals surface area contributed by atoms with E-state index in [9.17, 15) is 0 Å².